The first-order chi connectivity index (χ1) is 12.5. The molecule has 3 unspecified atom stereocenters. The van der Waals surface area contributed by atoms with Crippen molar-refractivity contribution in [1.29, 1.82) is 0 Å². The fourth-order valence-corrected chi connectivity index (χ4v) is 3.41. The third-order valence-electron chi connectivity index (χ3n) is 5.16. The Hall–Kier alpha value is -2.37. The summed E-state index contributed by atoms with van der Waals surface area (Å²) >= 11 is 0. The molecule has 26 heavy (non-hydrogen) atoms. The predicted octanol–water partition coefficient (Wildman–Crippen LogP) is 4.52. The molecule has 0 fully saturated rings. The molecule has 3 aromatic heterocycles. The lowest BCUT2D eigenvalue weighted by Gasteiger charge is -2.22. The third-order valence-corrected chi connectivity index (χ3v) is 5.16. The molecule has 0 N–H and O–H groups in total. The van der Waals surface area contributed by atoms with E-state index >= 15 is 0 Å². The highest BCUT2D eigenvalue weighted by molar-refractivity contribution is 5.00. The van der Waals surface area contributed by atoms with Crippen LogP contribution in [0, 0.1) is 13.8 Å². The predicted molar refractivity (Wildman–Crippen MR) is 103 cm³/mol. The Bertz CT molecular complexity index is 785. The number of nitrogens with zero attached hydrogens (tertiary/aromatic N) is 6. The highest BCUT2D eigenvalue weighted by atomic mass is 15.3. The van der Waals surface area contributed by atoms with Gasteiger partial charge in [-0.1, -0.05) is 0 Å². The van der Waals surface area contributed by atoms with E-state index in [9.17, 15) is 0 Å². The van der Waals surface area contributed by atoms with Gasteiger partial charge in [-0.05, 0) is 65.0 Å². The third kappa shape index (κ3) is 4.62. The van der Waals surface area contributed by atoms with Crippen molar-refractivity contribution < 1.29 is 0 Å². The second-order valence-corrected chi connectivity index (χ2v) is 7.45. The molecule has 0 bridgehead atoms. The zero-order valence-electron chi connectivity index (χ0n) is 16.3. The van der Waals surface area contributed by atoms with Crippen LogP contribution in [0.3, 0.4) is 0 Å². The Kier molecular flexibility index (Phi) is 5.91. The van der Waals surface area contributed by atoms with Gasteiger partial charge in [0.1, 0.15) is 0 Å². The van der Waals surface area contributed by atoms with Crippen LogP contribution in [0.15, 0.2) is 43.4 Å². The van der Waals surface area contributed by atoms with E-state index in [4.69, 9.17) is 0 Å². The molecular formula is C20H30N6. The van der Waals surface area contributed by atoms with Crippen molar-refractivity contribution in [1.82, 2.24) is 29.1 Å². The second kappa shape index (κ2) is 8.34. The lowest BCUT2D eigenvalue weighted by atomic mass is 10.0. The second-order valence-electron chi connectivity index (χ2n) is 7.45. The Morgan fingerprint density at radius 3 is 2.27 bits per heavy atom. The molecule has 6 nitrogen and oxygen atoms in total. The standard InChI is InChI=1S/C20H30N6/c1-16-12-23-26(13-16)20(9-7-19(4)25-11-5-10-22-25)8-6-18(3)24-14-17(2)21-15-24/h5,10-15,18-20H,6-9H2,1-4H3. The number of hydrogen-bond acceptors (Lipinski definition) is 3. The maximum atomic E-state index is 4.59. The SMILES string of the molecule is Cc1cnn(C(CCC(C)n2cnc(C)c2)CCC(C)n2cccn2)c1. The first-order valence-corrected chi connectivity index (χ1v) is 9.53. The normalized spacial score (nSPS) is 15.1. The van der Waals surface area contributed by atoms with Crippen LogP contribution in [0.5, 0.6) is 0 Å². The zero-order chi connectivity index (χ0) is 18.5. The van der Waals surface area contributed by atoms with E-state index in [1.807, 2.05) is 42.6 Å². The lowest BCUT2D eigenvalue weighted by Crippen LogP contribution is -2.15. The molecule has 140 valence electrons. The lowest BCUT2D eigenvalue weighted by molar-refractivity contribution is 0.322. The molecule has 0 saturated carbocycles. The highest BCUT2D eigenvalue weighted by Gasteiger charge is 2.17. The van der Waals surface area contributed by atoms with Gasteiger partial charge in [-0.15, -0.1) is 0 Å². The number of imidazole rings is 1. The molecule has 0 radical (unpaired) electrons. The van der Waals surface area contributed by atoms with Gasteiger partial charge in [-0.2, -0.15) is 10.2 Å². The summed E-state index contributed by atoms with van der Waals surface area (Å²) in [5, 5.41) is 8.96. The maximum Gasteiger partial charge on any atom is 0.0951 e. The van der Waals surface area contributed by atoms with Gasteiger partial charge in [-0.3, -0.25) is 9.36 Å². The summed E-state index contributed by atoms with van der Waals surface area (Å²) < 4.78 is 6.41. The van der Waals surface area contributed by atoms with Crippen LogP contribution in [-0.4, -0.2) is 29.1 Å². The van der Waals surface area contributed by atoms with Crippen LogP contribution >= 0.6 is 0 Å². The fraction of sp³-hybridized carbons (Fsp3) is 0.550. The van der Waals surface area contributed by atoms with Gasteiger partial charge in [-0.25, -0.2) is 4.98 Å². The smallest absolute Gasteiger partial charge is 0.0951 e. The molecular weight excluding hydrogens is 324 g/mol. The number of hydrogen-bond donors (Lipinski definition) is 0. The minimum atomic E-state index is 0.401. The van der Waals surface area contributed by atoms with Crippen LogP contribution in [0.2, 0.25) is 0 Å². The largest absolute Gasteiger partial charge is 0.334 e. The van der Waals surface area contributed by atoms with Crippen molar-refractivity contribution in [3.05, 3.63) is 54.6 Å². The molecule has 3 heterocycles. The molecule has 3 rings (SSSR count). The van der Waals surface area contributed by atoms with Crippen LogP contribution < -0.4 is 0 Å². The minimum absolute atomic E-state index is 0.401. The van der Waals surface area contributed by atoms with E-state index < -0.39 is 0 Å². The molecule has 0 saturated heterocycles. The van der Waals surface area contributed by atoms with Gasteiger partial charge < -0.3 is 4.57 Å². The first-order valence-electron chi connectivity index (χ1n) is 9.53. The van der Waals surface area contributed by atoms with Gasteiger partial charge in [0.25, 0.3) is 0 Å². The average molecular weight is 355 g/mol. The van der Waals surface area contributed by atoms with Crippen LogP contribution in [-0.2, 0) is 0 Å². The number of aryl methyl sites for hydroxylation is 2. The van der Waals surface area contributed by atoms with E-state index in [0.29, 0.717) is 18.1 Å². The quantitative estimate of drug-likeness (QED) is 0.568. The van der Waals surface area contributed by atoms with Gasteiger partial charge in [0, 0.05) is 36.9 Å². The summed E-state index contributed by atoms with van der Waals surface area (Å²) in [5.41, 5.74) is 2.29. The average Bonchev–Trinajstić information content (AvgIpc) is 3.36. The Balaban J connectivity index is 1.61. The number of aromatic nitrogens is 6. The highest BCUT2D eigenvalue weighted by Crippen LogP contribution is 2.27. The van der Waals surface area contributed by atoms with Gasteiger partial charge in [0.15, 0.2) is 0 Å². The van der Waals surface area contributed by atoms with Crippen molar-refractivity contribution in [2.24, 2.45) is 0 Å². The summed E-state index contributed by atoms with van der Waals surface area (Å²) in [6.07, 6.45) is 16.5. The fourth-order valence-electron chi connectivity index (χ4n) is 3.41. The maximum absolute atomic E-state index is 4.59. The van der Waals surface area contributed by atoms with Gasteiger partial charge in [0.2, 0.25) is 0 Å². The monoisotopic (exact) mass is 354 g/mol. The summed E-state index contributed by atoms with van der Waals surface area (Å²) in [7, 11) is 0. The molecule has 0 aliphatic heterocycles. The Morgan fingerprint density at radius 1 is 0.923 bits per heavy atom. The van der Waals surface area contributed by atoms with E-state index in [0.717, 1.165) is 31.4 Å². The topological polar surface area (TPSA) is 53.5 Å². The van der Waals surface area contributed by atoms with Crippen molar-refractivity contribution in [3.63, 3.8) is 0 Å². The van der Waals surface area contributed by atoms with Crippen molar-refractivity contribution in [2.75, 3.05) is 0 Å². The molecule has 3 atom stereocenters. The minimum Gasteiger partial charge on any atom is -0.334 e. The molecule has 0 aromatic carbocycles. The Labute approximate surface area is 155 Å². The van der Waals surface area contributed by atoms with E-state index in [1.165, 1.54) is 5.56 Å². The zero-order valence-corrected chi connectivity index (χ0v) is 16.3. The summed E-state index contributed by atoms with van der Waals surface area (Å²) in [6, 6.07) is 3.24. The summed E-state index contributed by atoms with van der Waals surface area (Å²) in [4.78, 5) is 4.35. The first kappa shape index (κ1) is 18.4. The summed E-state index contributed by atoms with van der Waals surface area (Å²) in [6.45, 7) is 8.63. The van der Waals surface area contributed by atoms with Crippen molar-refractivity contribution in [2.45, 2.75) is 71.5 Å². The summed E-state index contributed by atoms with van der Waals surface area (Å²) in [5.74, 6) is 0. The molecule has 0 amide bonds. The van der Waals surface area contributed by atoms with E-state index in [-0.39, 0.29) is 0 Å². The molecule has 3 aromatic rings. The molecule has 0 spiro atoms. The van der Waals surface area contributed by atoms with Crippen molar-refractivity contribution in [3.8, 4) is 0 Å². The number of rotatable bonds is 9. The van der Waals surface area contributed by atoms with Crippen LogP contribution in [0.25, 0.3) is 0 Å². The molecule has 0 aliphatic carbocycles. The Morgan fingerprint density at radius 2 is 1.69 bits per heavy atom. The van der Waals surface area contributed by atoms with Gasteiger partial charge in [0.05, 0.1) is 24.3 Å². The van der Waals surface area contributed by atoms with Crippen LogP contribution in [0.1, 0.15) is 68.9 Å². The van der Waals surface area contributed by atoms with Gasteiger partial charge >= 0.3 is 0 Å². The molecule has 6 heteroatoms. The molecule has 0 aliphatic rings. The van der Waals surface area contributed by atoms with Crippen molar-refractivity contribution >= 4 is 0 Å². The van der Waals surface area contributed by atoms with Crippen LogP contribution in [0.4, 0.5) is 0 Å². The van der Waals surface area contributed by atoms with E-state index in [1.54, 1.807) is 0 Å². The van der Waals surface area contributed by atoms with E-state index in [2.05, 4.69) is 57.6 Å².